The lowest BCUT2D eigenvalue weighted by molar-refractivity contribution is -0.143. The molecule has 0 radical (unpaired) electrons. The minimum atomic E-state index is -4.84. The zero-order chi connectivity index (χ0) is 17.6. The molecule has 0 spiro atoms. The van der Waals surface area contributed by atoms with Crippen molar-refractivity contribution in [1.29, 1.82) is 0 Å². The Morgan fingerprint density at radius 3 is 1.35 bits per heavy atom. The molecular weight excluding hydrogens is 433 g/mol. The van der Waals surface area contributed by atoms with E-state index in [4.69, 9.17) is 0 Å². The van der Waals surface area contributed by atoms with E-state index in [1.165, 1.54) is 0 Å². The first kappa shape index (κ1) is 18.1. The predicted octanol–water partition coefficient (Wildman–Crippen LogP) is 6.61. The van der Waals surface area contributed by atoms with Gasteiger partial charge in [-0.25, -0.2) is 0 Å². The molecule has 0 aromatic heterocycles. The van der Waals surface area contributed by atoms with Gasteiger partial charge in [0.25, 0.3) is 0 Å². The number of rotatable bonds is 1. The van der Waals surface area contributed by atoms with Gasteiger partial charge in [-0.2, -0.15) is 26.3 Å². The fourth-order valence-corrected chi connectivity index (χ4v) is 2.55. The van der Waals surface area contributed by atoms with Crippen molar-refractivity contribution in [3.63, 3.8) is 0 Å². The van der Waals surface area contributed by atoms with Crippen molar-refractivity contribution in [2.45, 2.75) is 26.2 Å². The Bertz CT molecular complexity index is 688. The highest BCUT2D eigenvalue weighted by Gasteiger charge is 2.37. The molecule has 0 bridgehead atoms. The molecule has 0 aliphatic carbocycles. The average Bonchev–Trinajstić information content (AvgIpc) is 2.41. The van der Waals surface area contributed by atoms with Crippen LogP contribution in [0.5, 0.6) is 0 Å². The third-order valence-electron chi connectivity index (χ3n) is 3.36. The Kier molecular flexibility index (Phi) is 4.71. The van der Waals surface area contributed by atoms with E-state index >= 15 is 0 Å². The van der Waals surface area contributed by atoms with Crippen LogP contribution in [-0.2, 0) is 12.4 Å². The summed E-state index contributed by atoms with van der Waals surface area (Å²) in [5.41, 5.74) is -0.794. The van der Waals surface area contributed by atoms with Crippen LogP contribution in [0.2, 0.25) is 0 Å². The molecule has 0 saturated carbocycles. The van der Waals surface area contributed by atoms with E-state index in [1.54, 1.807) is 26.0 Å². The first-order valence-corrected chi connectivity index (χ1v) is 7.54. The predicted molar refractivity (Wildman–Crippen MR) is 84.1 cm³/mol. The number of hydrogen-bond donors (Lipinski definition) is 0. The molecule has 2 rings (SSSR count). The molecular formula is C16H11F6I. The van der Waals surface area contributed by atoms with Crippen LogP contribution in [0.1, 0.15) is 22.3 Å². The van der Waals surface area contributed by atoms with E-state index in [1.807, 2.05) is 0 Å². The Morgan fingerprint density at radius 2 is 1.00 bits per heavy atom. The van der Waals surface area contributed by atoms with Crippen LogP contribution in [0.25, 0.3) is 11.1 Å². The van der Waals surface area contributed by atoms with Crippen molar-refractivity contribution in [3.8, 4) is 11.1 Å². The molecule has 7 heteroatoms. The van der Waals surface area contributed by atoms with Gasteiger partial charge in [0.15, 0.2) is 0 Å². The second kappa shape index (κ2) is 5.99. The lowest BCUT2D eigenvalue weighted by Gasteiger charge is -2.15. The van der Waals surface area contributed by atoms with Crippen molar-refractivity contribution >= 4 is 22.6 Å². The fraction of sp³-hybridized carbons (Fsp3) is 0.250. The number of benzene rings is 2. The summed E-state index contributed by atoms with van der Waals surface area (Å²) in [5, 5.41) is 0. The molecule has 0 unspecified atom stereocenters. The maximum atomic E-state index is 12.9. The molecule has 0 fully saturated rings. The highest BCUT2D eigenvalue weighted by molar-refractivity contribution is 14.1. The van der Waals surface area contributed by atoms with Crippen molar-refractivity contribution < 1.29 is 26.3 Å². The second-order valence-corrected chi connectivity index (χ2v) is 6.30. The van der Waals surface area contributed by atoms with Crippen LogP contribution in [0.15, 0.2) is 30.3 Å². The van der Waals surface area contributed by atoms with Crippen LogP contribution in [0, 0.1) is 17.4 Å². The van der Waals surface area contributed by atoms with Gasteiger partial charge < -0.3 is 0 Å². The smallest absolute Gasteiger partial charge is 0.166 e. The monoisotopic (exact) mass is 444 g/mol. The molecule has 0 nitrogen and oxygen atoms in total. The van der Waals surface area contributed by atoms with Gasteiger partial charge in [-0.05, 0) is 76.9 Å². The number of hydrogen-bond acceptors (Lipinski definition) is 0. The lowest BCUT2D eigenvalue weighted by atomic mass is 9.96. The van der Waals surface area contributed by atoms with E-state index in [0.29, 0.717) is 5.56 Å². The summed E-state index contributed by atoms with van der Waals surface area (Å²) in [7, 11) is 0. The van der Waals surface area contributed by atoms with Gasteiger partial charge in [0.2, 0.25) is 0 Å². The van der Waals surface area contributed by atoms with E-state index in [0.717, 1.165) is 26.8 Å². The van der Waals surface area contributed by atoms with Crippen LogP contribution < -0.4 is 0 Å². The van der Waals surface area contributed by atoms with Crippen molar-refractivity contribution in [1.82, 2.24) is 0 Å². The standard InChI is InChI=1S/C16H11F6I/c1-8-3-10(4-9(2)14(8)23)11-5-12(15(17,18)19)7-13(6-11)16(20,21)22/h3-7H,1-2H3. The first-order valence-electron chi connectivity index (χ1n) is 6.46. The molecule has 0 N–H and O–H groups in total. The second-order valence-electron chi connectivity index (χ2n) is 5.22. The van der Waals surface area contributed by atoms with Crippen LogP contribution in [-0.4, -0.2) is 0 Å². The number of alkyl halides is 6. The summed E-state index contributed by atoms with van der Waals surface area (Å²) >= 11 is 2.08. The zero-order valence-corrected chi connectivity index (χ0v) is 14.2. The van der Waals surface area contributed by atoms with Crippen LogP contribution in [0.3, 0.4) is 0 Å². The summed E-state index contributed by atoms with van der Waals surface area (Å²) in [6.07, 6.45) is -9.69. The van der Waals surface area contributed by atoms with Crippen LogP contribution >= 0.6 is 22.6 Å². The maximum Gasteiger partial charge on any atom is 0.416 e. The molecule has 0 heterocycles. The first-order chi connectivity index (χ1) is 10.4. The number of aryl methyl sites for hydroxylation is 2. The number of halogens is 7. The van der Waals surface area contributed by atoms with E-state index in [2.05, 4.69) is 22.6 Å². The molecule has 0 aliphatic heterocycles. The van der Waals surface area contributed by atoms with Crippen LogP contribution in [0.4, 0.5) is 26.3 Å². The van der Waals surface area contributed by atoms with Gasteiger partial charge in [-0.15, -0.1) is 0 Å². The van der Waals surface area contributed by atoms with Crippen molar-refractivity contribution in [2.75, 3.05) is 0 Å². The molecule has 0 aliphatic rings. The third kappa shape index (κ3) is 3.99. The summed E-state index contributed by atoms with van der Waals surface area (Å²) in [6.45, 7) is 3.52. The lowest BCUT2D eigenvalue weighted by Crippen LogP contribution is -2.11. The van der Waals surface area contributed by atoms with E-state index < -0.39 is 23.5 Å². The Balaban J connectivity index is 2.72. The minimum absolute atomic E-state index is 0.102. The largest absolute Gasteiger partial charge is 0.416 e. The normalized spacial score (nSPS) is 12.6. The van der Waals surface area contributed by atoms with Gasteiger partial charge in [-0.1, -0.05) is 12.1 Å². The molecule has 2 aromatic rings. The van der Waals surface area contributed by atoms with Crippen molar-refractivity contribution in [2.24, 2.45) is 0 Å². The molecule has 2 aromatic carbocycles. The van der Waals surface area contributed by atoms with Gasteiger partial charge >= 0.3 is 12.4 Å². The molecule has 0 amide bonds. The third-order valence-corrected chi connectivity index (χ3v) is 5.06. The van der Waals surface area contributed by atoms with Crippen molar-refractivity contribution in [3.05, 3.63) is 56.2 Å². The Labute approximate surface area is 142 Å². The maximum absolute atomic E-state index is 12.9. The van der Waals surface area contributed by atoms with Gasteiger partial charge in [0, 0.05) is 3.57 Å². The molecule has 0 saturated heterocycles. The van der Waals surface area contributed by atoms with Gasteiger partial charge in [-0.3, -0.25) is 0 Å². The highest BCUT2D eigenvalue weighted by Crippen LogP contribution is 2.39. The van der Waals surface area contributed by atoms with E-state index in [-0.39, 0.29) is 11.6 Å². The fourth-order valence-electron chi connectivity index (χ4n) is 2.23. The quantitative estimate of drug-likeness (QED) is 0.343. The summed E-state index contributed by atoms with van der Waals surface area (Å²) in [5.74, 6) is 0. The minimum Gasteiger partial charge on any atom is -0.166 e. The summed E-state index contributed by atoms with van der Waals surface area (Å²) in [4.78, 5) is 0. The molecule has 0 atom stereocenters. The summed E-state index contributed by atoms with van der Waals surface area (Å²) in [6, 6.07) is 4.80. The van der Waals surface area contributed by atoms with Gasteiger partial charge in [0.1, 0.15) is 0 Å². The Morgan fingerprint density at radius 1 is 0.652 bits per heavy atom. The average molecular weight is 444 g/mol. The van der Waals surface area contributed by atoms with Gasteiger partial charge in [0.05, 0.1) is 11.1 Å². The van der Waals surface area contributed by atoms with E-state index in [9.17, 15) is 26.3 Å². The Hall–Kier alpha value is -1.25. The summed E-state index contributed by atoms with van der Waals surface area (Å²) < 4.78 is 78.4. The SMILES string of the molecule is Cc1cc(-c2cc(C(F)(F)F)cc(C(F)(F)F)c2)cc(C)c1I. The molecule has 124 valence electrons. The molecule has 23 heavy (non-hydrogen) atoms. The zero-order valence-electron chi connectivity index (χ0n) is 12.0. The topological polar surface area (TPSA) is 0 Å². The highest BCUT2D eigenvalue weighted by atomic mass is 127.